The predicted molar refractivity (Wildman–Crippen MR) is 262 cm³/mol. The summed E-state index contributed by atoms with van der Waals surface area (Å²) in [7, 11) is 5.83. The second kappa shape index (κ2) is 22.0. The lowest BCUT2D eigenvalue weighted by atomic mass is 9.95. The maximum absolute atomic E-state index is 14.3. The number of amides is 4. The van der Waals surface area contributed by atoms with Crippen LogP contribution < -0.4 is 20.1 Å². The number of fused-ring (bicyclic) bond motifs is 3. The molecule has 6 atom stereocenters. The molecule has 2 saturated heterocycles. The van der Waals surface area contributed by atoms with Crippen molar-refractivity contribution in [2.75, 3.05) is 61.4 Å². The molecule has 0 radical (unpaired) electrons. The van der Waals surface area contributed by atoms with Crippen LogP contribution in [-0.2, 0) is 28.5 Å². The van der Waals surface area contributed by atoms with Gasteiger partial charge in [-0.15, -0.1) is 0 Å². The van der Waals surface area contributed by atoms with Crippen molar-refractivity contribution in [1.29, 1.82) is 0 Å². The number of aromatic nitrogens is 4. The number of imidazole rings is 2. The molecule has 3 fully saturated rings. The van der Waals surface area contributed by atoms with Crippen LogP contribution in [0.3, 0.4) is 0 Å². The minimum atomic E-state index is -0.747. The normalized spacial score (nSPS) is 19.5. The van der Waals surface area contributed by atoms with E-state index < -0.39 is 24.3 Å². The number of piperidine rings is 1. The average molecular weight is 963 g/mol. The first kappa shape index (κ1) is 49.8. The number of rotatable bonds is 19. The molecule has 8 rings (SSSR count). The van der Waals surface area contributed by atoms with Crippen LogP contribution >= 0.6 is 0 Å². The Labute approximate surface area is 408 Å². The number of ether oxygens (including phenoxy) is 6. The largest absolute Gasteiger partial charge is 0.487 e. The van der Waals surface area contributed by atoms with Crippen LogP contribution in [-0.4, -0.2) is 133 Å². The van der Waals surface area contributed by atoms with Gasteiger partial charge in [-0.05, 0) is 90.8 Å². The molecular weight excluding hydrogens is 897 g/mol. The van der Waals surface area contributed by atoms with Gasteiger partial charge in [0.2, 0.25) is 11.8 Å². The number of carbonyl (C=O) groups excluding carboxylic acids is 4. The van der Waals surface area contributed by atoms with Gasteiger partial charge in [-0.1, -0.05) is 58.0 Å². The van der Waals surface area contributed by atoms with Crippen molar-refractivity contribution in [3.63, 3.8) is 0 Å². The van der Waals surface area contributed by atoms with E-state index in [2.05, 4.69) is 50.9 Å². The number of benzene rings is 3. The number of nitrogens with zero attached hydrogens (tertiary/aromatic N) is 4. The number of hydrogen-bond acceptors (Lipinski definition) is 12. The molecule has 4 heterocycles. The van der Waals surface area contributed by atoms with E-state index in [9.17, 15) is 19.2 Å². The summed E-state index contributed by atoms with van der Waals surface area (Å²) in [5.41, 5.74) is 6.75. The van der Waals surface area contributed by atoms with Crippen molar-refractivity contribution in [3.8, 4) is 45.0 Å². The molecule has 0 spiro atoms. The molecule has 1 saturated carbocycles. The van der Waals surface area contributed by atoms with Crippen LogP contribution in [0.1, 0.15) is 83.5 Å². The zero-order chi connectivity index (χ0) is 49.6. The van der Waals surface area contributed by atoms with E-state index in [0.717, 1.165) is 71.0 Å². The monoisotopic (exact) mass is 962 g/mol. The van der Waals surface area contributed by atoms with Crippen molar-refractivity contribution in [2.45, 2.75) is 90.0 Å². The zero-order valence-corrected chi connectivity index (χ0v) is 41.3. The number of alkyl carbamates (subject to hydrolysis) is 2. The van der Waals surface area contributed by atoms with Gasteiger partial charge >= 0.3 is 12.2 Å². The van der Waals surface area contributed by atoms with Crippen LogP contribution in [0, 0.1) is 17.8 Å². The number of methoxy groups -OCH3 is 4. The molecule has 1 aliphatic carbocycles. The van der Waals surface area contributed by atoms with Crippen LogP contribution in [0.25, 0.3) is 44.5 Å². The molecule has 18 heteroatoms. The highest BCUT2D eigenvalue weighted by atomic mass is 16.6. The fraction of sp³-hybridized carbons (Fsp3) is 0.500. The van der Waals surface area contributed by atoms with E-state index in [-0.39, 0.29) is 60.9 Å². The number of aromatic amines is 2. The highest BCUT2D eigenvalue weighted by molar-refractivity contribution is 5.89. The second-order valence-electron chi connectivity index (χ2n) is 18.9. The molecule has 5 aromatic rings. The fourth-order valence-corrected chi connectivity index (χ4v) is 10.3. The van der Waals surface area contributed by atoms with E-state index in [1.54, 1.807) is 20.4 Å². The topological polar surface area (TPSA) is 212 Å². The number of likely N-dealkylation sites (tertiary alicyclic amines) is 2. The smallest absolute Gasteiger partial charge is 0.407 e. The summed E-state index contributed by atoms with van der Waals surface area (Å²) in [5, 5.41) is 5.48. The molecule has 70 heavy (non-hydrogen) atoms. The Kier molecular flexibility index (Phi) is 15.6. The van der Waals surface area contributed by atoms with Crippen molar-refractivity contribution in [2.24, 2.45) is 17.8 Å². The van der Waals surface area contributed by atoms with Gasteiger partial charge in [0.15, 0.2) is 11.5 Å². The van der Waals surface area contributed by atoms with Gasteiger partial charge in [0.05, 0.1) is 62.4 Å². The van der Waals surface area contributed by atoms with Crippen LogP contribution in [0.5, 0.6) is 11.5 Å². The highest BCUT2D eigenvalue weighted by Crippen LogP contribution is 2.51. The molecular formula is C52H66N8O10. The molecule has 18 nitrogen and oxygen atoms in total. The molecule has 2 aliphatic heterocycles. The zero-order valence-electron chi connectivity index (χ0n) is 41.3. The van der Waals surface area contributed by atoms with Crippen molar-refractivity contribution < 1.29 is 47.6 Å². The van der Waals surface area contributed by atoms with Gasteiger partial charge in [-0.2, -0.15) is 0 Å². The minimum absolute atomic E-state index is 0.0480. The first-order valence-corrected chi connectivity index (χ1v) is 24.2. The quantitative estimate of drug-likeness (QED) is 0.0584. The molecule has 4 amide bonds. The average Bonchev–Trinajstić information content (AvgIpc) is 4.23. The van der Waals surface area contributed by atoms with Crippen molar-refractivity contribution >= 4 is 35.0 Å². The molecule has 4 N–H and O–H groups in total. The maximum Gasteiger partial charge on any atom is 0.407 e. The van der Waals surface area contributed by atoms with Gasteiger partial charge < -0.3 is 58.8 Å². The summed E-state index contributed by atoms with van der Waals surface area (Å²) >= 11 is 0. The third kappa shape index (κ3) is 10.3. The minimum Gasteiger partial charge on any atom is -0.487 e. The Morgan fingerprint density at radius 3 is 1.96 bits per heavy atom. The predicted octanol–water partition coefficient (Wildman–Crippen LogP) is 7.81. The van der Waals surface area contributed by atoms with Gasteiger partial charge in [0.25, 0.3) is 0 Å². The molecule has 2 aromatic heterocycles. The van der Waals surface area contributed by atoms with Gasteiger partial charge in [0.1, 0.15) is 36.9 Å². The van der Waals surface area contributed by atoms with E-state index in [0.29, 0.717) is 48.6 Å². The van der Waals surface area contributed by atoms with Gasteiger partial charge in [-0.25, -0.2) is 19.6 Å². The van der Waals surface area contributed by atoms with Crippen LogP contribution in [0.4, 0.5) is 9.59 Å². The molecule has 2 bridgehead atoms. The number of nitrogens with one attached hydrogen (secondary N) is 4. The summed E-state index contributed by atoms with van der Waals surface area (Å²) < 4.78 is 33.5. The third-order valence-electron chi connectivity index (χ3n) is 13.8. The molecule has 3 aromatic carbocycles. The van der Waals surface area contributed by atoms with Crippen molar-refractivity contribution in [3.05, 3.63) is 72.4 Å². The van der Waals surface area contributed by atoms with Gasteiger partial charge in [-0.3, -0.25) is 9.59 Å². The fourth-order valence-electron chi connectivity index (χ4n) is 10.3. The molecule has 0 unspecified atom stereocenters. The lowest BCUT2D eigenvalue weighted by Gasteiger charge is -2.37. The van der Waals surface area contributed by atoms with Crippen LogP contribution in [0.2, 0.25) is 0 Å². The summed E-state index contributed by atoms with van der Waals surface area (Å²) in [6.45, 7) is 9.40. The Morgan fingerprint density at radius 2 is 1.31 bits per heavy atom. The first-order chi connectivity index (χ1) is 33.8. The Hall–Kier alpha value is -6.66. The summed E-state index contributed by atoms with van der Waals surface area (Å²) in [6.07, 6.45) is 4.81. The van der Waals surface area contributed by atoms with E-state index in [4.69, 9.17) is 38.4 Å². The standard InChI is InChI=1S/C52H66N8O10/c1-29(2)42(57-51(63)67-7)49(61)59-21-9-10-41(59)47-54-38-20-16-33(27-39(38)55-47)31-11-13-32(14-12-31)36-18-19-37(46(70-25-23-66-6)45(36)69-24-22-65-5)40-28-53-48(56-40)44-34-15-17-35(26-34)60(44)50(62)43(30(3)4)58-52(64)68-8/h11-14,16,18-20,27-30,34-35,41-44H,9-10,15,17,21-26H2,1-8H3,(H,53,56)(H,54,55)(H,57,63)(H,58,64)/t34-,35+,41-,42-,43-,44-/m0/s1. The SMILES string of the molecule is COCCOc1c(-c2ccc(-c3ccc4nc([C@@H]5CCCN5C(=O)[C@@H](NC(=O)OC)C(C)C)[nH]c4c3)cc2)ccc(-c2cnc([C@@H]3[C@H]4CC[C@H](C4)N3C(=O)[C@@H](NC(=O)OC)C(C)C)[nH]2)c1OCCOC. The highest BCUT2D eigenvalue weighted by Gasteiger charge is 2.51. The lowest BCUT2D eigenvalue weighted by molar-refractivity contribution is -0.139. The van der Waals surface area contributed by atoms with E-state index >= 15 is 0 Å². The Balaban J connectivity index is 1.08. The van der Waals surface area contributed by atoms with Crippen molar-refractivity contribution in [1.82, 2.24) is 40.4 Å². The van der Waals surface area contributed by atoms with Crippen LogP contribution in [0.15, 0.2) is 60.8 Å². The van der Waals surface area contributed by atoms with E-state index in [1.165, 1.54) is 14.2 Å². The second-order valence-corrected chi connectivity index (χ2v) is 18.9. The number of hydrogen-bond donors (Lipinski definition) is 4. The maximum atomic E-state index is 14.3. The first-order valence-electron chi connectivity index (χ1n) is 24.2. The Morgan fingerprint density at radius 1 is 0.700 bits per heavy atom. The summed E-state index contributed by atoms with van der Waals surface area (Å²) in [5.74, 6) is 2.05. The lowest BCUT2D eigenvalue weighted by Crippen LogP contribution is -2.54. The molecule has 374 valence electrons. The Bertz CT molecular complexity index is 2650. The number of carbonyl (C=O) groups is 4. The molecule has 3 aliphatic rings. The third-order valence-corrected chi connectivity index (χ3v) is 13.8. The number of H-pyrrole nitrogens is 2. The van der Waals surface area contributed by atoms with Gasteiger partial charge in [0, 0.05) is 37.9 Å². The van der Waals surface area contributed by atoms with E-state index in [1.807, 2.05) is 61.8 Å². The summed E-state index contributed by atoms with van der Waals surface area (Å²) in [6, 6.07) is 16.4. The summed E-state index contributed by atoms with van der Waals surface area (Å²) in [4.78, 5) is 73.1.